The van der Waals surface area contributed by atoms with Gasteiger partial charge in [0, 0.05) is 25.0 Å². The highest BCUT2D eigenvalue weighted by atomic mass is 16.4. The molecule has 88 valence electrons. The summed E-state index contributed by atoms with van der Waals surface area (Å²) < 4.78 is 0. The van der Waals surface area contributed by atoms with Crippen LogP contribution in [0.15, 0.2) is 0 Å². The van der Waals surface area contributed by atoms with Crippen molar-refractivity contribution in [3.8, 4) is 0 Å². The second-order valence-electron chi connectivity index (χ2n) is 4.60. The summed E-state index contributed by atoms with van der Waals surface area (Å²) in [7, 11) is 2.13. The summed E-state index contributed by atoms with van der Waals surface area (Å²) >= 11 is 0. The monoisotopic (exact) mass is 214 g/mol. The number of nitrogens with zero attached hydrogens (tertiary/aromatic N) is 1. The van der Waals surface area contributed by atoms with Gasteiger partial charge in [0.1, 0.15) is 0 Å². The number of piperidine rings is 1. The third kappa shape index (κ3) is 5.14. The summed E-state index contributed by atoms with van der Waals surface area (Å²) in [6, 6.07) is 0.838. The van der Waals surface area contributed by atoms with Crippen LogP contribution in [0.4, 0.5) is 0 Å². The van der Waals surface area contributed by atoms with Gasteiger partial charge in [-0.2, -0.15) is 0 Å². The van der Waals surface area contributed by atoms with E-state index >= 15 is 0 Å². The van der Waals surface area contributed by atoms with Gasteiger partial charge in [0.2, 0.25) is 0 Å². The van der Waals surface area contributed by atoms with E-state index in [1.807, 2.05) is 0 Å². The van der Waals surface area contributed by atoms with Gasteiger partial charge in [-0.15, -0.1) is 0 Å². The second kappa shape index (κ2) is 6.08. The highest BCUT2D eigenvalue weighted by Crippen LogP contribution is 2.09. The standard InChI is InChI=1S/C11H22N2O2/c1-9(5-6-11(14)15)12-10-4-3-7-13(2)8-10/h9-10,12H,3-8H2,1-2H3,(H,14,15). The fourth-order valence-electron chi connectivity index (χ4n) is 2.13. The maximum atomic E-state index is 10.4. The molecule has 2 unspecified atom stereocenters. The van der Waals surface area contributed by atoms with Crippen molar-refractivity contribution in [2.24, 2.45) is 0 Å². The Balaban J connectivity index is 2.18. The third-order valence-corrected chi connectivity index (χ3v) is 2.94. The number of hydrogen-bond donors (Lipinski definition) is 2. The van der Waals surface area contributed by atoms with Crippen molar-refractivity contribution in [2.75, 3.05) is 20.1 Å². The zero-order valence-electron chi connectivity index (χ0n) is 9.70. The first kappa shape index (κ1) is 12.5. The van der Waals surface area contributed by atoms with E-state index in [1.54, 1.807) is 0 Å². The molecule has 1 aliphatic heterocycles. The molecule has 0 bridgehead atoms. The molecule has 2 atom stereocenters. The largest absolute Gasteiger partial charge is 0.481 e. The number of hydrogen-bond acceptors (Lipinski definition) is 3. The highest BCUT2D eigenvalue weighted by Gasteiger charge is 2.18. The molecule has 0 aromatic rings. The minimum Gasteiger partial charge on any atom is -0.481 e. The smallest absolute Gasteiger partial charge is 0.303 e. The quantitative estimate of drug-likeness (QED) is 0.714. The van der Waals surface area contributed by atoms with Crippen LogP contribution in [0, 0.1) is 0 Å². The molecule has 0 amide bonds. The summed E-state index contributed by atoms with van der Waals surface area (Å²) in [4.78, 5) is 12.7. The maximum Gasteiger partial charge on any atom is 0.303 e. The molecule has 1 heterocycles. The van der Waals surface area contributed by atoms with E-state index in [0.717, 1.165) is 13.0 Å². The first-order valence-electron chi connectivity index (χ1n) is 5.74. The molecule has 4 nitrogen and oxygen atoms in total. The predicted octanol–water partition coefficient (Wildman–Crippen LogP) is 0.924. The second-order valence-corrected chi connectivity index (χ2v) is 4.60. The third-order valence-electron chi connectivity index (χ3n) is 2.94. The van der Waals surface area contributed by atoms with Crippen LogP contribution in [0.3, 0.4) is 0 Å². The lowest BCUT2D eigenvalue weighted by Gasteiger charge is -2.32. The summed E-state index contributed by atoms with van der Waals surface area (Å²) in [5.74, 6) is -0.704. The Morgan fingerprint density at radius 1 is 1.67 bits per heavy atom. The lowest BCUT2D eigenvalue weighted by molar-refractivity contribution is -0.137. The van der Waals surface area contributed by atoms with Crippen LogP contribution in [0.1, 0.15) is 32.6 Å². The van der Waals surface area contributed by atoms with E-state index in [9.17, 15) is 4.79 Å². The molecule has 1 rings (SSSR count). The van der Waals surface area contributed by atoms with Gasteiger partial charge in [0.15, 0.2) is 0 Å². The normalized spacial score (nSPS) is 25.1. The van der Waals surface area contributed by atoms with Crippen LogP contribution < -0.4 is 5.32 Å². The molecular formula is C11H22N2O2. The van der Waals surface area contributed by atoms with E-state index in [0.29, 0.717) is 12.1 Å². The van der Waals surface area contributed by atoms with E-state index in [-0.39, 0.29) is 6.42 Å². The number of carboxylic acid groups (broad SMARTS) is 1. The van der Waals surface area contributed by atoms with Crippen molar-refractivity contribution in [1.29, 1.82) is 0 Å². The lowest BCUT2D eigenvalue weighted by Crippen LogP contribution is -2.47. The van der Waals surface area contributed by atoms with Crippen molar-refractivity contribution in [3.05, 3.63) is 0 Å². The summed E-state index contributed by atoms with van der Waals surface area (Å²) in [5, 5.41) is 12.1. The molecule has 1 fully saturated rings. The topological polar surface area (TPSA) is 52.6 Å². The number of rotatable bonds is 5. The maximum absolute atomic E-state index is 10.4. The number of carboxylic acids is 1. The van der Waals surface area contributed by atoms with Gasteiger partial charge in [0.05, 0.1) is 0 Å². The van der Waals surface area contributed by atoms with Gasteiger partial charge in [-0.1, -0.05) is 0 Å². The summed E-state index contributed by atoms with van der Waals surface area (Å²) in [6.45, 7) is 4.33. The van der Waals surface area contributed by atoms with Gasteiger partial charge in [0.25, 0.3) is 0 Å². The van der Waals surface area contributed by atoms with Crippen LogP contribution in [0.25, 0.3) is 0 Å². The van der Waals surface area contributed by atoms with Crippen LogP contribution >= 0.6 is 0 Å². The number of likely N-dealkylation sites (N-methyl/N-ethyl adjacent to an activating group) is 1. The Hall–Kier alpha value is -0.610. The van der Waals surface area contributed by atoms with E-state index in [1.165, 1.54) is 19.4 Å². The molecule has 15 heavy (non-hydrogen) atoms. The number of carbonyl (C=O) groups is 1. The predicted molar refractivity (Wildman–Crippen MR) is 60.0 cm³/mol. The van der Waals surface area contributed by atoms with E-state index in [2.05, 4.69) is 24.2 Å². The zero-order chi connectivity index (χ0) is 11.3. The average molecular weight is 214 g/mol. The Bertz CT molecular complexity index is 209. The van der Waals surface area contributed by atoms with Gasteiger partial charge >= 0.3 is 5.97 Å². The lowest BCUT2D eigenvalue weighted by atomic mass is 10.0. The first-order chi connectivity index (χ1) is 7.08. The SMILES string of the molecule is CC(CCC(=O)O)NC1CCCN(C)C1. The van der Waals surface area contributed by atoms with Crippen LogP contribution in [-0.4, -0.2) is 48.2 Å². The fraction of sp³-hybridized carbons (Fsp3) is 0.909. The summed E-state index contributed by atoms with van der Waals surface area (Å²) in [5.41, 5.74) is 0. The Kier molecular flexibility index (Phi) is 5.05. The van der Waals surface area contributed by atoms with Crippen molar-refractivity contribution in [3.63, 3.8) is 0 Å². The molecule has 0 aromatic carbocycles. The zero-order valence-corrected chi connectivity index (χ0v) is 9.70. The fourth-order valence-corrected chi connectivity index (χ4v) is 2.13. The molecule has 1 aliphatic rings. The average Bonchev–Trinajstić information content (AvgIpc) is 2.15. The Labute approximate surface area is 91.6 Å². The number of aliphatic carboxylic acids is 1. The number of likely N-dealkylation sites (tertiary alicyclic amines) is 1. The highest BCUT2D eigenvalue weighted by molar-refractivity contribution is 5.66. The minimum atomic E-state index is -0.704. The van der Waals surface area contributed by atoms with Gasteiger partial charge in [-0.25, -0.2) is 0 Å². The van der Waals surface area contributed by atoms with Crippen LogP contribution in [-0.2, 0) is 4.79 Å². The van der Waals surface area contributed by atoms with E-state index < -0.39 is 5.97 Å². The van der Waals surface area contributed by atoms with Crippen LogP contribution in [0.2, 0.25) is 0 Å². The molecule has 2 N–H and O–H groups in total. The molecule has 0 radical (unpaired) electrons. The van der Waals surface area contributed by atoms with Crippen molar-refractivity contribution in [2.45, 2.75) is 44.7 Å². The van der Waals surface area contributed by atoms with Gasteiger partial charge in [-0.3, -0.25) is 4.79 Å². The van der Waals surface area contributed by atoms with E-state index in [4.69, 9.17) is 5.11 Å². The van der Waals surface area contributed by atoms with Crippen molar-refractivity contribution >= 4 is 5.97 Å². The minimum absolute atomic E-state index is 0.261. The molecule has 0 saturated carbocycles. The molecule has 0 spiro atoms. The Morgan fingerprint density at radius 2 is 2.40 bits per heavy atom. The van der Waals surface area contributed by atoms with Gasteiger partial charge < -0.3 is 15.3 Å². The van der Waals surface area contributed by atoms with Crippen LogP contribution in [0.5, 0.6) is 0 Å². The molecule has 0 aliphatic carbocycles. The number of nitrogens with one attached hydrogen (secondary N) is 1. The van der Waals surface area contributed by atoms with Gasteiger partial charge in [-0.05, 0) is 39.8 Å². The molecular weight excluding hydrogens is 192 g/mol. The summed E-state index contributed by atoms with van der Waals surface area (Å²) in [6.07, 6.45) is 3.42. The first-order valence-corrected chi connectivity index (χ1v) is 5.74. The molecule has 1 saturated heterocycles. The Morgan fingerprint density at radius 3 is 3.00 bits per heavy atom. The van der Waals surface area contributed by atoms with Crippen molar-refractivity contribution < 1.29 is 9.90 Å². The molecule has 4 heteroatoms. The van der Waals surface area contributed by atoms with Crippen molar-refractivity contribution in [1.82, 2.24) is 10.2 Å². The molecule has 0 aromatic heterocycles.